The van der Waals surface area contributed by atoms with E-state index in [9.17, 15) is 4.79 Å². The van der Waals surface area contributed by atoms with Crippen LogP contribution < -0.4 is 0 Å². The Kier molecular flexibility index (Phi) is 2.76. The smallest absolute Gasteiger partial charge is 0.225 e. The van der Waals surface area contributed by atoms with E-state index in [1.807, 2.05) is 0 Å². The van der Waals surface area contributed by atoms with Gasteiger partial charge in [0.2, 0.25) is 5.91 Å². The van der Waals surface area contributed by atoms with Crippen LogP contribution in [-0.2, 0) is 16.8 Å². The summed E-state index contributed by atoms with van der Waals surface area (Å²) in [5.74, 6) is 1.85. The third-order valence-corrected chi connectivity index (χ3v) is 5.32. The molecule has 4 nitrogen and oxygen atoms in total. The van der Waals surface area contributed by atoms with Crippen molar-refractivity contribution >= 4 is 5.91 Å². The van der Waals surface area contributed by atoms with Crippen LogP contribution >= 0.6 is 0 Å². The standard InChI is InChI=1S/C17H25N3O/c1-17(2,3)20-9-13-7-6-12-8-19(16(21)11-4-5-11)10-14(12)15(13)18-20/h9,11-12,14H,4-8,10H2,1-3H3/t12-,14+/m1/s1. The molecule has 2 heterocycles. The van der Waals surface area contributed by atoms with Gasteiger partial charge in [0.1, 0.15) is 0 Å². The van der Waals surface area contributed by atoms with Crippen molar-refractivity contribution in [3.8, 4) is 0 Å². The highest BCUT2D eigenvalue weighted by Gasteiger charge is 2.44. The SMILES string of the molecule is CC(C)(C)n1cc2c(n1)[C@H]1CN(C(=O)C3CC3)C[C@H]1CC2. The summed E-state index contributed by atoms with van der Waals surface area (Å²) in [6.45, 7) is 8.44. The number of carbonyl (C=O) groups excluding carboxylic acids is 1. The number of hydrogen-bond acceptors (Lipinski definition) is 2. The van der Waals surface area contributed by atoms with Gasteiger partial charge in [0.15, 0.2) is 0 Å². The molecule has 2 fully saturated rings. The third-order valence-electron chi connectivity index (χ3n) is 5.32. The van der Waals surface area contributed by atoms with E-state index in [4.69, 9.17) is 5.10 Å². The highest BCUT2D eigenvalue weighted by atomic mass is 16.2. The molecule has 1 saturated heterocycles. The van der Waals surface area contributed by atoms with Crippen LogP contribution in [0.25, 0.3) is 0 Å². The van der Waals surface area contributed by atoms with E-state index in [0.29, 0.717) is 23.7 Å². The van der Waals surface area contributed by atoms with Crippen LogP contribution in [0.4, 0.5) is 0 Å². The van der Waals surface area contributed by atoms with E-state index in [1.54, 1.807) is 0 Å². The average molecular weight is 287 g/mol. The molecule has 21 heavy (non-hydrogen) atoms. The first-order chi connectivity index (χ1) is 9.93. The van der Waals surface area contributed by atoms with Crippen LogP contribution in [0.3, 0.4) is 0 Å². The average Bonchev–Trinajstić information content (AvgIpc) is 3.00. The molecule has 2 atom stereocenters. The zero-order chi connectivity index (χ0) is 14.8. The van der Waals surface area contributed by atoms with Crippen molar-refractivity contribution < 1.29 is 4.79 Å². The highest BCUT2D eigenvalue weighted by Crippen LogP contribution is 2.43. The summed E-state index contributed by atoms with van der Waals surface area (Å²) in [5.41, 5.74) is 2.72. The van der Waals surface area contributed by atoms with Gasteiger partial charge in [-0.15, -0.1) is 0 Å². The van der Waals surface area contributed by atoms with Crippen LogP contribution in [0.2, 0.25) is 0 Å². The van der Waals surface area contributed by atoms with Crippen molar-refractivity contribution in [2.45, 2.75) is 57.9 Å². The van der Waals surface area contributed by atoms with Crippen LogP contribution in [0, 0.1) is 11.8 Å². The lowest BCUT2D eigenvalue weighted by atomic mass is 9.81. The number of carbonyl (C=O) groups is 1. The molecule has 0 bridgehead atoms. The number of nitrogens with zero attached hydrogens (tertiary/aromatic N) is 3. The first-order valence-electron chi connectivity index (χ1n) is 8.31. The fourth-order valence-corrected chi connectivity index (χ4v) is 3.85. The molecule has 1 aromatic rings. The molecule has 4 heteroatoms. The molecule has 0 spiro atoms. The first-order valence-corrected chi connectivity index (χ1v) is 8.31. The van der Waals surface area contributed by atoms with Gasteiger partial charge in [-0.2, -0.15) is 5.10 Å². The maximum absolute atomic E-state index is 12.3. The van der Waals surface area contributed by atoms with E-state index in [2.05, 4.69) is 36.5 Å². The summed E-state index contributed by atoms with van der Waals surface area (Å²) in [7, 11) is 0. The molecule has 4 rings (SSSR count). The van der Waals surface area contributed by atoms with E-state index < -0.39 is 0 Å². The molecule has 1 aromatic heterocycles. The van der Waals surface area contributed by atoms with Crippen molar-refractivity contribution in [2.24, 2.45) is 11.8 Å². The van der Waals surface area contributed by atoms with Crippen molar-refractivity contribution in [2.75, 3.05) is 13.1 Å². The molecule has 2 aliphatic carbocycles. The second-order valence-electron chi connectivity index (χ2n) is 8.08. The quantitative estimate of drug-likeness (QED) is 0.796. The van der Waals surface area contributed by atoms with Crippen LogP contribution in [-0.4, -0.2) is 33.7 Å². The lowest BCUT2D eigenvalue weighted by molar-refractivity contribution is -0.131. The van der Waals surface area contributed by atoms with Gasteiger partial charge in [0.25, 0.3) is 0 Å². The summed E-state index contributed by atoms with van der Waals surface area (Å²) in [5, 5.41) is 4.90. The predicted octanol–water partition coefficient (Wildman–Crippen LogP) is 2.54. The number of amides is 1. The molecule has 1 amide bonds. The van der Waals surface area contributed by atoms with E-state index in [1.165, 1.54) is 17.7 Å². The summed E-state index contributed by atoms with van der Waals surface area (Å²) >= 11 is 0. The highest BCUT2D eigenvalue weighted by molar-refractivity contribution is 5.81. The molecule has 0 radical (unpaired) electrons. The van der Waals surface area contributed by atoms with Gasteiger partial charge in [-0.05, 0) is 57.9 Å². The normalized spacial score (nSPS) is 28.4. The minimum absolute atomic E-state index is 0.0367. The molecular formula is C17H25N3O. The van der Waals surface area contributed by atoms with E-state index in [0.717, 1.165) is 32.4 Å². The first kappa shape index (κ1) is 13.4. The largest absolute Gasteiger partial charge is 0.341 e. The summed E-state index contributed by atoms with van der Waals surface area (Å²) in [6, 6.07) is 0. The number of likely N-dealkylation sites (tertiary alicyclic amines) is 1. The number of fused-ring (bicyclic) bond motifs is 3. The van der Waals surface area contributed by atoms with Crippen LogP contribution in [0.1, 0.15) is 57.2 Å². The van der Waals surface area contributed by atoms with Gasteiger partial charge in [-0.25, -0.2) is 0 Å². The third kappa shape index (κ3) is 2.19. The molecule has 1 aliphatic heterocycles. The fourth-order valence-electron chi connectivity index (χ4n) is 3.85. The monoisotopic (exact) mass is 287 g/mol. The number of aryl methyl sites for hydroxylation is 1. The maximum Gasteiger partial charge on any atom is 0.225 e. The number of rotatable bonds is 1. The topological polar surface area (TPSA) is 38.1 Å². The maximum atomic E-state index is 12.3. The lowest BCUT2D eigenvalue weighted by Crippen LogP contribution is -2.30. The van der Waals surface area contributed by atoms with Crippen molar-refractivity contribution in [3.63, 3.8) is 0 Å². The van der Waals surface area contributed by atoms with Crippen molar-refractivity contribution in [1.82, 2.24) is 14.7 Å². The minimum atomic E-state index is 0.0367. The lowest BCUT2D eigenvalue weighted by Gasteiger charge is -2.22. The Morgan fingerprint density at radius 1 is 1.24 bits per heavy atom. The Bertz CT molecular complexity index is 579. The summed E-state index contributed by atoms with van der Waals surface area (Å²) in [6.07, 6.45) is 6.78. The summed E-state index contributed by atoms with van der Waals surface area (Å²) in [4.78, 5) is 14.5. The molecule has 0 unspecified atom stereocenters. The Morgan fingerprint density at radius 2 is 2.00 bits per heavy atom. The zero-order valence-electron chi connectivity index (χ0n) is 13.3. The van der Waals surface area contributed by atoms with Gasteiger partial charge in [-0.1, -0.05) is 0 Å². The Balaban J connectivity index is 1.60. The Labute approximate surface area is 126 Å². The van der Waals surface area contributed by atoms with Crippen molar-refractivity contribution in [1.29, 1.82) is 0 Å². The molecular weight excluding hydrogens is 262 g/mol. The van der Waals surface area contributed by atoms with Crippen LogP contribution in [0.5, 0.6) is 0 Å². The Morgan fingerprint density at radius 3 is 2.67 bits per heavy atom. The molecule has 0 N–H and O–H groups in total. The second-order valence-corrected chi connectivity index (χ2v) is 8.08. The second kappa shape index (κ2) is 4.34. The Hall–Kier alpha value is -1.32. The van der Waals surface area contributed by atoms with Gasteiger partial charge >= 0.3 is 0 Å². The molecule has 3 aliphatic rings. The van der Waals surface area contributed by atoms with Gasteiger partial charge in [0.05, 0.1) is 11.2 Å². The van der Waals surface area contributed by atoms with Gasteiger partial charge in [-0.3, -0.25) is 9.48 Å². The molecule has 0 aromatic carbocycles. The molecule has 1 saturated carbocycles. The minimum Gasteiger partial charge on any atom is -0.341 e. The zero-order valence-corrected chi connectivity index (χ0v) is 13.3. The summed E-state index contributed by atoms with van der Waals surface area (Å²) < 4.78 is 2.12. The van der Waals surface area contributed by atoms with E-state index >= 15 is 0 Å². The molecule has 114 valence electrons. The van der Waals surface area contributed by atoms with Gasteiger partial charge in [0, 0.05) is 31.1 Å². The fraction of sp³-hybridized carbons (Fsp3) is 0.765. The van der Waals surface area contributed by atoms with Crippen molar-refractivity contribution in [3.05, 3.63) is 17.5 Å². The van der Waals surface area contributed by atoms with Crippen LogP contribution in [0.15, 0.2) is 6.20 Å². The number of aromatic nitrogens is 2. The van der Waals surface area contributed by atoms with Gasteiger partial charge < -0.3 is 4.90 Å². The number of hydrogen-bond donors (Lipinski definition) is 0. The van der Waals surface area contributed by atoms with E-state index in [-0.39, 0.29) is 5.54 Å². The predicted molar refractivity (Wildman–Crippen MR) is 81.1 cm³/mol.